The smallest absolute Gasteiger partial charge is 0.275 e. The topological polar surface area (TPSA) is 58.9 Å². The molecule has 130 valence electrons. The van der Waals surface area contributed by atoms with Crippen molar-refractivity contribution in [3.05, 3.63) is 70.9 Å². The number of halogens is 1. The number of benzene rings is 2. The van der Waals surface area contributed by atoms with Crippen LogP contribution in [0.4, 0.5) is 0 Å². The quantitative estimate of drug-likeness (QED) is 0.708. The Labute approximate surface area is 152 Å². The SMILES string of the molecule is C[C@H]([NH2+]CC(=O)N[C@H](C)c1cc2ccccc2o1)c1ccccc1Cl. The van der Waals surface area contributed by atoms with Crippen molar-refractivity contribution in [3.8, 4) is 0 Å². The summed E-state index contributed by atoms with van der Waals surface area (Å²) in [6.07, 6.45) is 0. The van der Waals surface area contributed by atoms with Crippen molar-refractivity contribution in [1.82, 2.24) is 5.32 Å². The highest BCUT2D eigenvalue weighted by Gasteiger charge is 2.17. The Morgan fingerprint density at radius 3 is 2.64 bits per heavy atom. The predicted octanol–water partition coefficient (Wildman–Crippen LogP) is 3.59. The number of furan rings is 1. The van der Waals surface area contributed by atoms with Crippen molar-refractivity contribution < 1.29 is 14.5 Å². The minimum Gasteiger partial charge on any atom is -0.459 e. The number of nitrogens with one attached hydrogen (secondary N) is 1. The first kappa shape index (κ1) is 17.5. The molecule has 25 heavy (non-hydrogen) atoms. The fourth-order valence-corrected chi connectivity index (χ4v) is 3.15. The summed E-state index contributed by atoms with van der Waals surface area (Å²) in [6, 6.07) is 17.4. The largest absolute Gasteiger partial charge is 0.459 e. The number of nitrogens with two attached hydrogens (primary N) is 1. The minimum atomic E-state index is -0.177. The lowest BCUT2D eigenvalue weighted by atomic mass is 10.1. The second kappa shape index (κ2) is 7.72. The molecule has 2 atom stereocenters. The number of amides is 1. The molecule has 3 N–H and O–H groups in total. The number of quaternary nitrogens is 1. The first-order chi connectivity index (χ1) is 12.0. The Morgan fingerprint density at radius 2 is 1.88 bits per heavy atom. The summed E-state index contributed by atoms with van der Waals surface area (Å²) in [4.78, 5) is 12.2. The van der Waals surface area contributed by atoms with Gasteiger partial charge in [-0.3, -0.25) is 4.79 Å². The third-order valence-corrected chi connectivity index (χ3v) is 4.65. The van der Waals surface area contributed by atoms with Crippen molar-refractivity contribution in [3.63, 3.8) is 0 Å². The van der Waals surface area contributed by atoms with Gasteiger partial charge in [-0.1, -0.05) is 48.0 Å². The number of fused-ring (bicyclic) bond motifs is 1. The zero-order valence-corrected chi connectivity index (χ0v) is 15.1. The van der Waals surface area contributed by atoms with Gasteiger partial charge in [0.05, 0.1) is 6.04 Å². The molecule has 5 heteroatoms. The van der Waals surface area contributed by atoms with E-state index in [9.17, 15) is 4.79 Å². The van der Waals surface area contributed by atoms with Gasteiger partial charge in [0.1, 0.15) is 17.4 Å². The molecule has 1 heterocycles. The number of rotatable bonds is 6. The summed E-state index contributed by atoms with van der Waals surface area (Å²) in [6.45, 7) is 4.29. The van der Waals surface area contributed by atoms with E-state index < -0.39 is 0 Å². The molecule has 0 fully saturated rings. The molecule has 3 rings (SSSR count). The number of carbonyl (C=O) groups excluding carboxylic acids is 1. The van der Waals surface area contributed by atoms with Crippen molar-refractivity contribution >= 4 is 28.5 Å². The summed E-state index contributed by atoms with van der Waals surface area (Å²) >= 11 is 6.20. The predicted molar refractivity (Wildman–Crippen MR) is 99.4 cm³/mol. The molecule has 4 nitrogen and oxygen atoms in total. The van der Waals surface area contributed by atoms with Gasteiger partial charge >= 0.3 is 0 Å². The lowest BCUT2D eigenvalue weighted by Gasteiger charge is -2.14. The number of hydrogen-bond acceptors (Lipinski definition) is 2. The van der Waals surface area contributed by atoms with Crippen LogP contribution in [0.5, 0.6) is 0 Å². The Bertz CT molecular complexity index is 842. The summed E-state index contributed by atoms with van der Waals surface area (Å²) in [7, 11) is 0. The zero-order valence-electron chi connectivity index (χ0n) is 14.3. The second-order valence-corrected chi connectivity index (χ2v) is 6.63. The molecule has 0 aliphatic rings. The van der Waals surface area contributed by atoms with Crippen LogP contribution >= 0.6 is 11.6 Å². The van der Waals surface area contributed by atoms with Gasteiger partial charge in [0, 0.05) is 16.0 Å². The van der Waals surface area contributed by atoms with Gasteiger partial charge in [-0.25, -0.2) is 0 Å². The zero-order chi connectivity index (χ0) is 17.8. The molecule has 0 aliphatic heterocycles. The van der Waals surface area contributed by atoms with Crippen LogP contribution in [0.3, 0.4) is 0 Å². The highest BCUT2D eigenvalue weighted by Crippen LogP contribution is 2.23. The van der Waals surface area contributed by atoms with E-state index in [1.807, 2.05) is 73.8 Å². The van der Waals surface area contributed by atoms with Crippen molar-refractivity contribution in [2.75, 3.05) is 6.54 Å². The monoisotopic (exact) mass is 357 g/mol. The van der Waals surface area contributed by atoms with E-state index in [-0.39, 0.29) is 18.0 Å². The summed E-state index contributed by atoms with van der Waals surface area (Å²) in [5, 5.41) is 6.72. The van der Waals surface area contributed by atoms with Gasteiger partial charge in [0.2, 0.25) is 0 Å². The lowest BCUT2D eigenvalue weighted by molar-refractivity contribution is -0.682. The second-order valence-electron chi connectivity index (χ2n) is 6.23. The van der Waals surface area contributed by atoms with Crippen LogP contribution in [0.1, 0.15) is 37.3 Å². The maximum Gasteiger partial charge on any atom is 0.275 e. The molecule has 0 aliphatic carbocycles. The van der Waals surface area contributed by atoms with Gasteiger partial charge in [0.15, 0.2) is 6.54 Å². The van der Waals surface area contributed by atoms with Crippen LogP contribution in [-0.2, 0) is 4.79 Å². The third-order valence-electron chi connectivity index (χ3n) is 4.30. The molecule has 0 spiro atoms. The van der Waals surface area contributed by atoms with E-state index in [2.05, 4.69) is 5.32 Å². The van der Waals surface area contributed by atoms with Crippen LogP contribution in [0.25, 0.3) is 11.0 Å². The van der Waals surface area contributed by atoms with Crippen LogP contribution < -0.4 is 10.6 Å². The van der Waals surface area contributed by atoms with Crippen molar-refractivity contribution in [1.29, 1.82) is 0 Å². The number of hydrogen-bond donors (Lipinski definition) is 2. The Balaban J connectivity index is 1.56. The molecule has 3 aromatic rings. The molecule has 0 saturated heterocycles. The lowest BCUT2D eigenvalue weighted by Crippen LogP contribution is -2.87. The standard InChI is InChI=1S/C20H21ClN2O2/c1-13(16-8-4-5-9-17(16)21)22-12-20(24)23-14(2)19-11-15-7-3-6-10-18(15)25-19/h3-11,13-14,22H,12H2,1-2H3,(H,23,24)/p+1/t13-,14+/m0/s1. The molecule has 1 amide bonds. The van der Waals surface area contributed by atoms with Crippen LogP contribution in [0.2, 0.25) is 5.02 Å². The first-order valence-electron chi connectivity index (χ1n) is 8.40. The molecular weight excluding hydrogens is 336 g/mol. The molecule has 0 radical (unpaired) electrons. The molecular formula is C20H22ClN2O2+. The normalized spacial score (nSPS) is 13.6. The van der Waals surface area contributed by atoms with Crippen molar-refractivity contribution in [2.45, 2.75) is 25.9 Å². The molecule has 1 aromatic heterocycles. The Kier molecular flexibility index (Phi) is 5.41. The Morgan fingerprint density at radius 1 is 1.16 bits per heavy atom. The fraction of sp³-hybridized carbons (Fsp3) is 0.250. The number of carbonyl (C=O) groups is 1. The molecule has 0 saturated carbocycles. The molecule has 0 bridgehead atoms. The summed E-state index contributed by atoms with van der Waals surface area (Å²) in [5.41, 5.74) is 1.86. The fourth-order valence-electron chi connectivity index (χ4n) is 2.84. The summed E-state index contributed by atoms with van der Waals surface area (Å²) < 4.78 is 5.80. The maximum atomic E-state index is 12.2. The van der Waals surface area contributed by atoms with Crippen LogP contribution in [0.15, 0.2) is 59.0 Å². The highest BCUT2D eigenvalue weighted by atomic mass is 35.5. The summed E-state index contributed by atoms with van der Waals surface area (Å²) in [5.74, 6) is 0.723. The molecule has 0 unspecified atom stereocenters. The van der Waals surface area contributed by atoms with Gasteiger partial charge in [-0.15, -0.1) is 0 Å². The van der Waals surface area contributed by atoms with Crippen LogP contribution in [-0.4, -0.2) is 12.5 Å². The van der Waals surface area contributed by atoms with Gasteiger partial charge in [0.25, 0.3) is 5.91 Å². The van der Waals surface area contributed by atoms with Gasteiger partial charge in [-0.2, -0.15) is 0 Å². The van der Waals surface area contributed by atoms with E-state index in [4.69, 9.17) is 16.0 Å². The van der Waals surface area contributed by atoms with E-state index in [0.29, 0.717) is 6.54 Å². The van der Waals surface area contributed by atoms with E-state index in [1.54, 1.807) is 0 Å². The van der Waals surface area contributed by atoms with Crippen LogP contribution in [0, 0.1) is 0 Å². The number of para-hydroxylation sites is 1. The van der Waals surface area contributed by atoms with E-state index in [1.165, 1.54) is 0 Å². The van der Waals surface area contributed by atoms with Gasteiger partial charge in [-0.05, 0) is 32.0 Å². The van der Waals surface area contributed by atoms with Crippen molar-refractivity contribution in [2.24, 2.45) is 0 Å². The average Bonchev–Trinajstić information content (AvgIpc) is 3.04. The van der Waals surface area contributed by atoms with E-state index in [0.717, 1.165) is 27.3 Å². The Hall–Kier alpha value is -2.30. The third kappa shape index (κ3) is 4.21. The maximum absolute atomic E-state index is 12.2. The van der Waals surface area contributed by atoms with E-state index >= 15 is 0 Å². The first-order valence-corrected chi connectivity index (χ1v) is 8.78. The molecule has 2 aromatic carbocycles. The minimum absolute atomic E-state index is 0.0353. The average molecular weight is 358 g/mol. The highest BCUT2D eigenvalue weighted by molar-refractivity contribution is 6.31. The van der Waals surface area contributed by atoms with Gasteiger partial charge < -0.3 is 15.1 Å².